The molecule has 0 aliphatic rings. The zero-order valence-electron chi connectivity index (χ0n) is 15.6. The Balaban J connectivity index is 2.65. The van der Waals surface area contributed by atoms with E-state index in [0.29, 0.717) is 0 Å². The molecule has 2 rings (SSSR count). The highest BCUT2D eigenvalue weighted by Gasteiger charge is 2.64. The van der Waals surface area contributed by atoms with Gasteiger partial charge in [0.05, 0.1) is 0 Å². The van der Waals surface area contributed by atoms with E-state index in [-0.39, 0.29) is 11.1 Å². The van der Waals surface area contributed by atoms with E-state index in [2.05, 4.69) is 0 Å². The Kier molecular flexibility index (Phi) is 4.99. The minimum absolute atomic E-state index is 0.281. The van der Waals surface area contributed by atoms with Crippen LogP contribution in [0.4, 0.5) is 0 Å². The Morgan fingerprint density at radius 1 is 0.720 bits per heavy atom. The van der Waals surface area contributed by atoms with Crippen LogP contribution in [0.15, 0.2) is 58.4 Å². The minimum Gasteiger partial charge on any atom is -0.419 e. The highest BCUT2D eigenvalue weighted by atomic mass is 28.4. The van der Waals surface area contributed by atoms with E-state index in [4.69, 9.17) is 9.05 Å². The van der Waals surface area contributed by atoms with Gasteiger partial charge < -0.3 is 9.05 Å². The van der Waals surface area contributed by atoms with Gasteiger partial charge in [-0.15, -0.1) is 0 Å². The summed E-state index contributed by atoms with van der Waals surface area (Å²) in [6, 6.07) is 9.61. The van der Waals surface area contributed by atoms with Crippen molar-refractivity contribution < 1.29 is 9.05 Å². The lowest BCUT2D eigenvalue weighted by Gasteiger charge is -2.46. The average molecular weight is 363 g/mol. The third-order valence-electron chi connectivity index (χ3n) is 4.01. The van der Waals surface area contributed by atoms with Gasteiger partial charge >= 0.3 is 8.56 Å². The molecule has 7 heteroatoms. The summed E-state index contributed by atoms with van der Waals surface area (Å²) in [7, 11) is -3.22. The van der Waals surface area contributed by atoms with E-state index in [1.54, 1.807) is 36.7 Å². The molecule has 2 aromatic rings. The van der Waals surface area contributed by atoms with Crippen LogP contribution < -0.4 is 20.2 Å². The SMILES string of the molecule is CC(C)(C)[Si](On1ccccc1=O)(On1ccccc1=O)C(C)(C)C. The van der Waals surface area contributed by atoms with Crippen molar-refractivity contribution in [2.45, 2.75) is 51.6 Å². The van der Waals surface area contributed by atoms with Crippen molar-refractivity contribution in [3.63, 3.8) is 0 Å². The number of rotatable bonds is 4. The van der Waals surface area contributed by atoms with Crippen molar-refractivity contribution in [2.75, 3.05) is 0 Å². The fourth-order valence-corrected chi connectivity index (χ4v) is 7.18. The Hall–Kier alpha value is -2.28. The summed E-state index contributed by atoms with van der Waals surface area (Å²) in [6.07, 6.45) is 3.14. The quantitative estimate of drug-likeness (QED) is 0.785. The maximum absolute atomic E-state index is 12.2. The number of pyridine rings is 2. The molecule has 2 heterocycles. The van der Waals surface area contributed by atoms with Crippen molar-refractivity contribution in [1.29, 1.82) is 0 Å². The number of hydrogen-bond acceptors (Lipinski definition) is 4. The van der Waals surface area contributed by atoms with Crippen molar-refractivity contribution in [2.24, 2.45) is 0 Å². The van der Waals surface area contributed by atoms with Crippen LogP contribution in [-0.2, 0) is 0 Å². The lowest BCUT2D eigenvalue weighted by Crippen LogP contribution is -2.68. The molecule has 0 aliphatic carbocycles. The molecule has 0 radical (unpaired) electrons. The molecule has 0 saturated carbocycles. The summed E-state index contributed by atoms with van der Waals surface area (Å²) in [6.45, 7) is 12.0. The van der Waals surface area contributed by atoms with Crippen LogP contribution in [-0.4, -0.2) is 18.0 Å². The van der Waals surface area contributed by atoms with E-state index in [0.717, 1.165) is 0 Å². The van der Waals surface area contributed by atoms with Crippen LogP contribution in [0.2, 0.25) is 10.1 Å². The molecule has 0 atom stereocenters. The zero-order valence-corrected chi connectivity index (χ0v) is 16.6. The third-order valence-corrected chi connectivity index (χ3v) is 8.86. The molecular formula is C18H26N2O4Si. The maximum Gasteiger partial charge on any atom is 0.515 e. The predicted molar refractivity (Wildman–Crippen MR) is 99.7 cm³/mol. The average Bonchev–Trinajstić information content (AvgIpc) is 2.48. The molecule has 6 nitrogen and oxygen atoms in total. The molecule has 0 amide bonds. The van der Waals surface area contributed by atoms with Gasteiger partial charge in [0.15, 0.2) is 0 Å². The minimum atomic E-state index is -3.22. The zero-order chi connectivity index (χ0) is 18.9. The Labute approximate surface area is 148 Å². The topological polar surface area (TPSA) is 62.5 Å². The summed E-state index contributed by atoms with van der Waals surface area (Å²) >= 11 is 0. The second-order valence-corrected chi connectivity index (χ2v) is 12.6. The molecule has 0 fully saturated rings. The lowest BCUT2D eigenvalue weighted by atomic mass is 10.2. The molecule has 0 bridgehead atoms. The first-order chi connectivity index (χ1) is 11.5. The largest absolute Gasteiger partial charge is 0.515 e. The van der Waals surface area contributed by atoms with Crippen molar-refractivity contribution >= 4 is 8.56 Å². The maximum atomic E-state index is 12.2. The molecule has 136 valence electrons. The van der Waals surface area contributed by atoms with Gasteiger partial charge in [-0.05, 0) is 12.1 Å². The molecule has 0 aliphatic heterocycles. The first-order valence-corrected chi connectivity index (χ1v) is 10.0. The molecular weight excluding hydrogens is 336 g/mol. The van der Waals surface area contributed by atoms with Gasteiger partial charge in [0.1, 0.15) is 0 Å². The van der Waals surface area contributed by atoms with E-state index < -0.39 is 18.6 Å². The van der Waals surface area contributed by atoms with Gasteiger partial charge in [0.25, 0.3) is 11.1 Å². The monoisotopic (exact) mass is 362 g/mol. The number of aromatic nitrogens is 2. The van der Waals surface area contributed by atoms with Crippen LogP contribution in [0, 0.1) is 0 Å². The normalized spacial score (nSPS) is 12.7. The van der Waals surface area contributed by atoms with Crippen LogP contribution in [0.5, 0.6) is 0 Å². The Morgan fingerprint density at radius 2 is 1.08 bits per heavy atom. The van der Waals surface area contributed by atoms with Gasteiger partial charge in [-0.3, -0.25) is 9.59 Å². The fourth-order valence-electron chi connectivity index (χ4n) is 2.94. The standard InChI is InChI=1S/C18H26N2O4Si/c1-17(2,3)25(18(4,5)6,23-19-13-9-7-11-15(19)21)24-20-14-10-8-12-16(20)22/h7-14H,1-6H3. The smallest absolute Gasteiger partial charge is 0.419 e. The molecule has 0 spiro atoms. The molecule has 0 aromatic carbocycles. The van der Waals surface area contributed by atoms with Crippen molar-refractivity contribution in [3.05, 3.63) is 69.5 Å². The predicted octanol–water partition coefficient (Wildman–Crippen LogP) is 2.61. The van der Waals surface area contributed by atoms with Gasteiger partial charge in [-0.1, -0.05) is 53.7 Å². The summed E-state index contributed by atoms with van der Waals surface area (Å²) in [5.41, 5.74) is -0.561. The van der Waals surface area contributed by atoms with Gasteiger partial charge in [-0.2, -0.15) is 9.46 Å². The summed E-state index contributed by atoms with van der Waals surface area (Å²) in [5.74, 6) is 0. The highest BCUT2D eigenvalue weighted by molar-refractivity contribution is 6.73. The molecule has 2 aromatic heterocycles. The molecule has 0 saturated heterocycles. The molecule has 0 unspecified atom stereocenters. The highest BCUT2D eigenvalue weighted by Crippen LogP contribution is 2.49. The third kappa shape index (κ3) is 3.71. The van der Waals surface area contributed by atoms with Crippen LogP contribution in [0.1, 0.15) is 41.5 Å². The van der Waals surface area contributed by atoms with Gasteiger partial charge in [-0.25, -0.2) is 0 Å². The van der Waals surface area contributed by atoms with Crippen molar-refractivity contribution in [3.8, 4) is 0 Å². The number of nitrogens with zero attached hydrogens (tertiary/aromatic N) is 2. The first-order valence-electron chi connectivity index (χ1n) is 8.22. The number of hydrogen-bond donors (Lipinski definition) is 0. The molecule has 25 heavy (non-hydrogen) atoms. The lowest BCUT2D eigenvalue weighted by molar-refractivity contribution is 0.0940. The second kappa shape index (κ2) is 6.55. The molecule has 0 N–H and O–H groups in total. The summed E-state index contributed by atoms with van der Waals surface area (Å²) in [5, 5.41) is -0.869. The Morgan fingerprint density at radius 3 is 1.36 bits per heavy atom. The van der Waals surface area contributed by atoms with Gasteiger partial charge in [0.2, 0.25) is 0 Å². The Bertz CT molecular complexity index is 772. The van der Waals surface area contributed by atoms with Crippen molar-refractivity contribution in [1.82, 2.24) is 9.46 Å². The van der Waals surface area contributed by atoms with Crippen LogP contribution in [0.25, 0.3) is 0 Å². The van der Waals surface area contributed by atoms with E-state index in [1.807, 2.05) is 41.5 Å². The van der Waals surface area contributed by atoms with E-state index in [9.17, 15) is 9.59 Å². The fraction of sp³-hybridized carbons (Fsp3) is 0.444. The van der Waals surface area contributed by atoms with Crippen LogP contribution >= 0.6 is 0 Å². The van der Waals surface area contributed by atoms with Gasteiger partial charge in [0, 0.05) is 34.6 Å². The summed E-state index contributed by atoms with van der Waals surface area (Å²) in [4.78, 5) is 24.4. The van der Waals surface area contributed by atoms with E-state index in [1.165, 1.54) is 21.6 Å². The van der Waals surface area contributed by atoms with Crippen LogP contribution in [0.3, 0.4) is 0 Å². The second-order valence-electron chi connectivity index (χ2n) is 8.03. The van der Waals surface area contributed by atoms with E-state index >= 15 is 0 Å². The first kappa shape index (κ1) is 19.0. The summed E-state index contributed by atoms with van der Waals surface area (Å²) < 4.78 is 15.0.